The lowest BCUT2D eigenvalue weighted by molar-refractivity contribution is -0.114. The Morgan fingerprint density at radius 3 is 1.67 bits per heavy atom. The molecule has 1 radical (unpaired) electrons. The summed E-state index contributed by atoms with van der Waals surface area (Å²) in [6.45, 7) is 2.88. The van der Waals surface area contributed by atoms with E-state index in [0.29, 0.717) is 0 Å². The van der Waals surface area contributed by atoms with Gasteiger partial charge in [0.05, 0.1) is 0 Å². The lowest BCUT2D eigenvalue weighted by atomic mass is 10.3. The molecule has 2 nitrogen and oxygen atoms in total. The fourth-order valence-corrected chi connectivity index (χ4v) is 0. The zero-order valence-corrected chi connectivity index (χ0v) is 3.97. The summed E-state index contributed by atoms with van der Waals surface area (Å²) in [5, 5.41) is 16.7. The average molecular weight is 89.1 g/mol. The first-order valence-corrected chi connectivity index (χ1v) is 1.81. The van der Waals surface area contributed by atoms with Crippen LogP contribution in [0.4, 0.5) is 0 Å². The molecule has 0 aliphatic heterocycles. The summed E-state index contributed by atoms with van der Waals surface area (Å²) in [7, 11) is 0. The van der Waals surface area contributed by atoms with Crippen molar-refractivity contribution in [3.63, 3.8) is 0 Å². The third-order valence-electron chi connectivity index (χ3n) is 0.547. The Balaban J connectivity index is 3.17. The molecule has 0 rings (SSSR count). The molecule has 6 heavy (non-hydrogen) atoms. The first-order chi connectivity index (χ1) is 2.56. The molecular weight excluding hydrogens is 80.0 g/mol. The second-order valence-corrected chi connectivity index (χ2v) is 1.38. The number of hydrogen-bond donors (Lipinski definition) is 2. The molecule has 0 fully saturated rings. The van der Waals surface area contributed by atoms with E-state index in [4.69, 9.17) is 10.2 Å². The summed E-state index contributed by atoms with van der Waals surface area (Å²) in [6.07, 6.45) is 1.30. The number of hydrogen-bond acceptors (Lipinski definition) is 2. The molecule has 0 saturated carbocycles. The highest BCUT2D eigenvalue weighted by Gasteiger charge is 2.08. The third kappa shape index (κ3) is 3.92. The maximum absolute atomic E-state index is 8.33. The van der Waals surface area contributed by atoms with Gasteiger partial charge in [-0.15, -0.1) is 0 Å². The van der Waals surface area contributed by atoms with E-state index in [-0.39, 0.29) is 0 Å². The van der Waals surface area contributed by atoms with E-state index in [1.807, 2.05) is 0 Å². The van der Waals surface area contributed by atoms with Gasteiger partial charge in [0.15, 0.2) is 5.79 Å². The van der Waals surface area contributed by atoms with Crippen LogP contribution in [0.2, 0.25) is 0 Å². The quantitative estimate of drug-likeness (QED) is 0.441. The lowest BCUT2D eigenvalue weighted by Crippen LogP contribution is -2.21. The van der Waals surface area contributed by atoms with Crippen LogP contribution in [-0.4, -0.2) is 16.0 Å². The van der Waals surface area contributed by atoms with Crippen molar-refractivity contribution in [2.75, 3.05) is 0 Å². The van der Waals surface area contributed by atoms with Crippen molar-refractivity contribution in [1.29, 1.82) is 0 Å². The minimum absolute atomic E-state index is 1.30. The Kier molecular flexibility index (Phi) is 1.56. The van der Waals surface area contributed by atoms with Crippen LogP contribution in [0.15, 0.2) is 0 Å². The summed E-state index contributed by atoms with van der Waals surface area (Å²) in [6, 6.07) is 0. The normalized spacial score (nSPS) is 12.0. The zero-order chi connectivity index (χ0) is 5.21. The van der Waals surface area contributed by atoms with E-state index >= 15 is 0 Å². The van der Waals surface area contributed by atoms with E-state index < -0.39 is 5.79 Å². The standard InChI is InChI=1S/C4H9O2/c1-3-4(2,5)6/h3,5-6H,1-2H3. The van der Waals surface area contributed by atoms with Crippen LogP contribution in [-0.2, 0) is 0 Å². The molecule has 0 atom stereocenters. The molecule has 37 valence electrons. The van der Waals surface area contributed by atoms with Crippen LogP contribution in [0.25, 0.3) is 0 Å². The summed E-state index contributed by atoms with van der Waals surface area (Å²) < 4.78 is 0. The lowest BCUT2D eigenvalue weighted by Gasteiger charge is -2.09. The van der Waals surface area contributed by atoms with Crippen molar-refractivity contribution in [2.45, 2.75) is 19.6 Å². The van der Waals surface area contributed by atoms with Gasteiger partial charge in [-0.1, -0.05) is 6.92 Å². The van der Waals surface area contributed by atoms with Crippen molar-refractivity contribution in [2.24, 2.45) is 0 Å². The van der Waals surface area contributed by atoms with Crippen molar-refractivity contribution in [3.05, 3.63) is 6.42 Å². The molecule has 0 aliphatic rings. The highest BCUT2D eigenvalue weighted by Crippen LogP contribution is 1.97. The summed E-state index contributed by atoms with van der Waals surface area (Å²) in [4.78, 5) is 0. The predicted octanol–water partition coefficient (Wildman–Crippen LogP) is -0.0886. The molecule has 0 saturated heterocycles. The third-order valence-corrected chi connectivity index (χ3v) is 0.547. The van der Waals surface area contributed by atoms with Gasteiger partial charge in [0.25, 0.3) is 0 Å². The maximum Gasteiger partial charge on any atom is 0.162 e. The van der Waals surface area contributed by atoms with Crippen LogP contribution in [0, 0.1) is 6.42 Å². The van der Waals surface area contributed by atoms with E-state index in [9.17, 15) is 0 Å². The molecule has 2 heteroatoms. The molecule has 0 aromatic heterocycles. The summed E-state index contributed by atoms with van der Waals surface area (Å²) in [5.74, 6) is -1.58. The Labute approximate surface area is 37.4 Å². The van der Waals surface area contributed by atoms with Gasteiger partial charge < -0.3 is 10.2 Å². The van der Waals surface area contributed by atoms with Crippen molar-refractivity contribution in [3.8, 4) is 0 Å². The van der Waals surface area contributed by atoms with Gasteiger partial charge in [0.1, 0.15) is 0 Å². The highest BCUT2D eigenvalue weighted by molar-refractivity contribution is 4.70. The fourth-order valence-electron chi connectivity index (χ4n) is 0. The van der Waals surface area contributed by atoms with Gasteiger partial charge in [-0.25, -0.2) is 0 Å². The number of rotatable bonds is 1. The van der Waals surface area contributed by atoms with Crippen LogP contribution in [0.3, 0.4) is 0 Å². The molecule has 0 amide bonds. The second kappa shape index (κ2) is 1.58. The molecule has 0 bridgehead atoms. The van der Waals surface area contributed by atoms with Gasteiger partial charge in [-0.2, -0.15) is 0 Å². The Morgan fingerprint density at radius 1 is 1.50 bits per heavy atom. The zero-order valence-electron chi connectivity index (χ0n) is 3.97. The van der Waals surface area contributed by atoms with Gasteiger partial charge in [0, 0.05) is 6.42 Å². The van der Waals surface area contributed by atoms with Crippen molar-refractivity contribution in [1.82, 2.24) is 0 Å². The smallest absolute Gasteiger partial charge is 0.162 e. The molecule has 2 N–H and O–H groups in total. The SMILES string of the molecule is C[CH]C(C)(O)O. The fraction of sp³-hybridized carbons (Fsp3) is 0.750. The first-order valence-electron chi connectivity index (χ1n) is 1.81. The van der Waals surface area contributed by atoms with E-state index in [1.165, 1.54) is 13.3 Å². The molecular formula is C4H9O2. The van der Waals surface area contributed by atoms with Crippen LogP contribution in [0.5, 0.6) is 0 Å². The Hall–Kier alpha value is -0.0800. The van der Waals surface area contributed by atoms with Crippen LogP contribution < -0.4 is 0 Å². The van der Waals surface area contributed by atoms with Crippen molar-refractivity contribution < 1.29 is 10.2 Å². The second-order valence-electron chi connectivity index (χ2n) is 1.38. The van der Waals surface area contributed by atoms with Gasteiger partial charge >= 0.3 is 0 Å². The topological polar surface area (TPSA) is 40.5 Å². The minimum Gasteiger partial charge on any atom is -0.366 e. The monoisotopic (exact) mass is 89.1 g/mol. The first kappa shape index (κ1) is 5.92. The molecule has 0 unspecified atom stereocenters. The Morgan fingerprint density at radius 2 is 1.67 bits per heavy atom. The molecule has 0 heterocycles. The molecule has 0 aliphatic carbocycles. The molecule has 0 spiro atoms. The van der Waals surface area contributed by atoms with Gasteiger partial charge in [0.2, 0.25) is 0 Å². The van der Waals surface area contributed by atoms with Gasteiger partial charge in [-0.05, 0) is 6.92 Å². The molecule has 0 aromatic rings. The van der Waals surface area contributed by atoms with E-state index in [1.54, 1.807) is 6.92 Å². The predicted molar refractivity (Wildman–Crippen MR) is 22.8 cm³/mol. The van der Waals surface area contributed by atoms with Crippen molar-refractivity contribution >= 4 is 0 Å². The maximum atomic E-state index is 8.33. The largest absolute Gasteiger partial charge is 0.366 e. The Bertz CT molecular complexity index is 35.3. The van der Waals surface area contributed by atoms with Gasteiger partial charge in [-0.3, -0.25) is 0 Å². The van der Waals surface area contributed by atoms with E-state index in [0.717, 1.165) is 0 Å². The van der Waals surface area contributed by atoms with Crippen LogP contribution in [0.1, 0.15) is 13.8 Å². The highest BCUT2D eigenvalue weighted by atomic mass is 16.5. The molecule has 0 aromatic carbocycles. The van der Waals surface area contributed by atoms with E-state index in [2.05, 4.69) is 0 Å². The minimum atomic E-state index is -1.58. The summed E-state index contributed by atoms with van der Waals surface area (Å²) in [5.41, 5.74) is 0. The average Bonchev–Trinajstić information content (AvgIpc) is 1.35. The summed E-state index contributed by atoms with van der Waals surface area (Å²) >= 11 is 0. The van der Waals surface area contributed by atoms with Crippen LogP contribution >= 0.6 is 0 Å². The number of aliphatic hydroxyl groups is 2.